The molecule has 0 saturated heterocycles. The topological polar surface area (TPSA) is 66.4 Å². The van der Waals surface area contributed by atoms with Crippen molar-refractivity contribution in [2.75, 3.05) is 25.2 Å². The van der Waals surface area contributed by atoms with Gasteiger partial charge in [0, 0.05) is 22.9 Å². The first-order valence-electron chi connectivity index (χ1n) is 6.24. The standard InChI is InChI=1S/C13H21NO3S2/c1-3-8-14-11(9-15)10-18-12-4-6-13(7-5-12)19(2,16)17/h4-7,11,14-15H,3,8-10H2,1-2H3. The van der Waals surface area contributed by atoms with Crippen molar-refractivity contribution in [3.8, 4) is 0 Å². The van der Waals surface area contributed by atoms with Gasteiger partial charge in [0.2, 0.25) is 0 Å². The molecule has 0 aliphatic rings. The van der Waals surface area contributed by atoms with Crippen LogP contribution < -0.4 is 5.32 Å². The predicted octanol–water partition coefficient (Wildman–Crippen LogP) is 1.54. The van der Waals surface area contributed by atoms with Crippen LogP contribution in [0.25, 0.3) is 0 Å². The number of hydrogen-bond donors (Lipinski definition) is 2. The van der Waals surface area contributed by atoms with Crippen LogP contribution in [-0.2, 0) is 9.84 Å². The van der Waals surface area contributed by atoms with Crippen molar-refractivity contribution in [3.63, 3.8) is 0 Å². The van der Waals surface area contributed by atoms with Gasteiger partial charge in [-0.15, -0.1) is 11.8 Å². The molecule has 19 heavy (non-hydrogen) atoms. The molecule has 1 rings (SSSR count). The first kappa shape index (κ1) is 16.5. The van der Waals surface area contributed by atoms with E-state index in [2.05, 4.69) is 12.2 Å². The molecule has 108 valence electrons. The molecule has 0 aliphatic carbocycles. The van der Waals surface area contributed by atoms with Crippen LogP contribution in [0.1, 0.15) is 13.3 Å². The van der Waals surface area contributed by atoms with Crippen LogP contribution in [0.5, 0.6) is 0 Å². The number of hydrogen-bond acceptors (Lipinski definition) is 5. The maximum Gasteiger partial charge on any atom is 0.175 e. The number of thioether (sulfide) groups is 1. The summed E-state index contributed by atoms with van der Waals surface area (Å²) in [5, 5.41) is 12.5. The molecule has 0 amide bonds. The molecule has 0 saturated carbocycles. The van der Waals surface area contributed by atoms with E-state index in [0.717, 1.165) is 23.6 Å². The second-order valence-electron chi connectivity index (χ2n) is 4.39. The Morgan fingerprint density at radius 3 is 2.42 bits per heavy atom. The highest BCUT2D eigenvalue weighted by Crippen LogP contribution is 2.20. The molecule has 0 bridgehead atoms. The molecule has 1 aromatic carbocycles. The number of rotatable bonds is 8. The summed E-state index contributed by atoms with van der Waals surface area (Å²) in [6.45, 7) is 3.08. The summed E-state index contributed by atoms with van der Waals surface area (Å²) in [7, 11) is -3.13. The number of aliphatic hydroxyl groups excluding tert-OH is 1. The highest BCUT2D eigenvalue weighted by molar-refractivity contribution is 7.99. The van der Waals surface area contributed by atoms with Gasteiger partial charge in [0.05, 0.1) is 11.5 Å². The van der Waals surface area contributed by atoms with Crippen LogP contribution in [-0.4, -0.2) is 44.7 Å². The van der Waals surface area contributed by atoms with Crippen LogP contribution in [0.2, 0.25) is 0 Å². The van der Waals surface area contributed by atoms with Crippen LogP contribution >= 0.6 is 11.8 Å². The van der Waals surface area contributed by atoms with E-state index in [9.17, 15) is 13.5 Å². The quantitative estimate of drug-likeness (QED) is 0.713. The smallest absolute Gasteiger partial charge is 0.175 e. The monoisotopic (exact) mass is 303 g/mol. The van der Waals surface area contributed by atoms with Crippen molar-refractivity contribution in [1.29, 1.82) is 0 Å². The Balaban J connectivity index is 2.53. The second-order valence-corrected chi connectivity index (χ2v) is 7.50. The van der Waals surface area contributed by atoms with Crippen molar-refractivity contribution in [3.05, 3.63) is 24.3 Å². The van der Waals surface area contributed by atoms with Gasteiger partial charge in [-0.2, -0.15) is 0 Å². The number of benzene rings is 1. The molecular weight excluding hydrogens is 282 g/mol. The maximum atomic E-state index is 11.3. The Morgan fingerprint density at radius 1 is 1.32 bits per heavy atom. The Bertz CT molecular complexity index is 471. The van der Waals surface area contributed by atoms with Gasteiger partial charge in [-0.1, -0.05) is 6.92 Å². The van der Waals surface area contributed by atoms with Gasteiger partial charge >= 0.3 is 0 Å². The van der Waals surface area contributed by atoms with Crippen molar-refractivity contribution in [2.24, 2.45) is 0 Å². The van der Waals surface area contributed by atoms with Gasteiger partial charge in [0.1, 0.15) is 0 Å². The van der Waals surface area contributed by atoms with E-state index in [4.69, 9.17) is 0 Å². The average molecular weight is 303 g/mol. The molecule has 0 spiro atoms. The lowest BCUT2D eigenvalue weighted by atomic mass is 10.3. The molecule has 0 aromatic heterocycles. The second kappa shape index (κ2) is 7.89. The van der Waals surface area contributed by atoms with Crippen molar-refractivity contribution in [1.82, 2.24) is 5.32 Å². The Kier molecular flexibility index (Phi) is 6.85. The average Bonchev–Trinajstić information content (AvgIpc) is 2.38. The summed E-state index contributed by atoms with van der Waals surface area (Å²) in [6.07, 6.45) is 2.23. The molecule has 6 heteroatoms. The normalized spacial score (nSPS) is 13.4. The van der Waals surface area contributed by atoms with Crippen molar-refractivity contribution >= 4 is 21.6 Å². The molecule has 1 unspecified atom stereocenters. The van der Waals surface area contributed by atoms with Crippen LogP contribution in [0.15, 0.2) is 34.1 Å². The van der Waals surface area contributed by atoms with E-state index in [1.54, 1.807) is 36.0 Å². The Labute approximate surface area is 119 Å². The molecule has 0 heterocycles. The first-order chi connectivity index (χ1) is 8.97. The predicted molar refractivity (Wildman–Crippen MR) is 79.4 cm³/mol. The molecule has 0 radical (unpaired) electrons. The summed E-state index contributed by atoms with van der Waals surface area (Å²) in [4.78, 5) is 1.34. The van der Waals surface area contributed by atoms with Crippen molar-refractivity contribution in [2.45, 2.75) is 29.2 Å². The molecule has 1 aromatic rings. The van der Waals surface area contributed by atoms with Gasteiger partial charge in [-0.3, -0.25) is 0 Å². The largest absolute Gasteiger partial charge is 0.395 e. The van der Waals surface area contributed by atoms with E-state index in [-0.39, 0.29) is 12.6 Å². The molecule has 1 atom stereocenters. The zero-order valence-corrected chi connectivity index (χ0v) is 12.9. The minimum Gasteiger partial charge on any atom is -0.395 e. The SMILES string of the molecule is CCCNC(CO)CSc1ccc(S(C)(=O)=O)cc1. The van der Waals surface area contributed by atoms with Gasteiger partial charge < -0.3 is 10.4 Å². The van der Waals surface area contributed by atoms with E-state index in [0.29, 0.717) is 4.90 Å². The van der Waals surface area contributed by atoms with Crippen LogP contribution in [0.4, 0.5) is 0 Å². The number of aliphatic hydroxyl groups is 1. The molecule has 2 N–H and O–H groups in total. The highest BCUT2D eigenvalue weighted by atomic mass is 32.2. The summed E-state index contributed by atoms with van der Waals surface area (Å²) >= 11 is 1.61. The van der Waals surface area contributed by atoms with Crippen molar-refractivity contribution < 1.29 is 13.5 Å². The van der Waals surface area contributed by atoms with Gasteiger partial charge in [-0.25, -0.2) is 8.42 Å². The van der Waals surface area contributed by atoms with E-state index in [1.807, 2.05) is 0 Å². The minimum atomic E-state index is -3.13. The fraction of sp³-hybridized carbons (Fsp3) is 0.538. The third kappa shape index (κ3) is 5.95. The fourth-order valence-electron chi connectivity index (χ4n) is 1.50. The lowest BCUT2D eigenvalue weighted by molar-refractivity contribution is 0.254. The third-order valence-corrected chi connectivity index (χ3v) is 4.91. The highest BCUT2D eigenvalue weighted by Gasteiger charge is 2.09. The first-order valence-corrected chi connectivity index (χ1v) is 9.12. The molecular formula is C13H21NO3S2. The van der Waals surface area contributed by atoms with E-state index >= 15 is 0 Å². The summed E-state index contributed by atoms with van der Waals surface area (Å²) < 4.78 is 22.6. The van der Waals surface area contributed by atoms with Crippen LogP contribution in [0.3, 0.4) is 0 Å². The summed E-state index contributed by atoms with van der Waals surface area (Å²) in [5.41, 5.74) is 0. The van der Waals surface area contributed by atoms with E-state index in [1.165, 1.54) is 6.26 Å². The maximum absolute atomic E-state index is 11.3. The lowest BCUT2D eigenvalue weighted by Crippen LogP contribution is -2.35. The Morgan fingerprint density at radius 2 is 1.95 bits per heavy atom. The zero-order valence-electron chi connectivity index (χ0n) is 11.3. The van der Waals surface area contributed by atoms with Gasteiger partial charge in [-0.05, 0) is 37.2 Å². The Hall–Kier alpha value is -0.560. The summed E-state index contributed by atoms with van der Waals surface area (Å²) in [5.74, 6) is 0.759. The zero-order chi connectivity index (χ0) is 14.3. The van der Waals surface area contributed by atoms with Gasteiger partial charge in [0.25, 0.3) is 0 Å². The number of sulfone groups is 1. The molecule has 0 fully saturated rings. The van der Waals surface area contributed by atoms with E-state index < -0.39 is 9.84 Å². The lowest BCUT2D eigenvalue weighted by Gasteiger charge is -2.15. The van der Waals surface area contributed by atoms with Crippen LogP contribution in [0, 0.1) is 0 Å². The fourth-order valence-corrected chi connectivity index (χ4v) is 3.08. The number of nitrogens with one attached hydrogen (secondary N) is 1. The summed E-state index contributed by atoms with van der Waals surface area (Å²) in [6, 6.07) is 6.90. The molecule has 4 nitrogen and oxygen atoms in total. The third-order valence-electron chi connectivity index (χ3n) is 2.61. The molecule has 0 aliphatic heterocycles. The van der Waals surface area contributed by atoms with Gasteiger partial charge in [0.15, 0.2) is 9.84 Å². The minimum absolute atomic E-state index is 0.0690.